The lowest BCUT2D eigenvalue weighted by Crippen LogP contribution is -2.31. The number of hydrogen-bond acceptors (Lipinski definition) is 4. The topological polar surface area (TPSA) is 94.3 Å². The summed E-state index contributed by atoms with van der Waals surface area (Å²) in [5.41, 5.74) is 4.81. The molecular weight excluding hydrogens is 268 g/mol. The summed E-state index contributed by atoms with van der Waals surface area (Å²) in [6, 6.07) is 9.06. The van der Waals surface area contributed by atoms with Crippen LogP contribution in [0.25, 0.3) is 0 Å². The van der Waals surface area contributed by atoms with Crippen molar-refractivity contribution >= 4 is 23.2 Å². The molecule has 0 aromatic heterocycles. The van der Waals surface area contributed by atoms with Gasteiger partial charge in [-0.05, 0) is 24.6 Å². The van der Waals surface area contributed by atoms with Crippen LogP contribution in [-0.2, 0) is 9.59 Å². The van der Waals surface area contributed by atoms with Gasteiger partial charge in [-0.3, -0.25) is 9.59 Å². The Morgan fingerprint density at radius 1 is 1.48 bits per heavy atom. The molecule has 1 aromatic rings. The molecule has 0 bridgehead atoms. The quantitative estimate of drug-likeness (QED) is 0.883. The van der Waals surface area contributed by atoms with Crippen molar-refractivity contribution in [3.8, 4) is 6.07 Å². The first-order valence-corrected chi connectivity index (χ1v) is 6.68. The summed E-state index contributed by atoms with van der Waals surface area (Å²) < 4.78 is 0. The largest absolute Gasteiger partial charge is 0.325 e. The lowest BCUT2D eigenvalue weighted by molar-refractivity contribution is -0.122. The highest BCUT2D eigenvalue weighted by Gasteiger charge is 2.21. The molecule has 1 aliphatic rings. The van der Waals surface area contributed by atoms with Crippen LogP contribution >= 0.6 is 0 Å². The van der Waals surface area contributed by atoms with Crippen molar-refractivity contribution < 1.29 is 9.59 Å². The van der Waals surface area contributed by atoms with Crippen molar-refractivity contribution in [2.45, 2.75) is 20.3 Å². The fourth-order valence-corrected chi connectivity index (χ4v) is 2.04. The Morgan fingerprint density at radius 3 is 2.71 bits per heavy atom. The van der Waals surface area contributed by atoms with Gasteiger partial charge in [0.15, 0.2) is 0 Å². The summed E-state index contributed by atoms with van der Waals surface area (Å²) in [7, 11) is 0. The first-order valence-electron chi connectivity index (χ1n) is 6.68. The van der Waals surface area contributed by atoms with E-state index in [1.165, 1.54) is 0 Å². The lowest BCUT2D eigenvalue weighted by atomic mass is 9.94. The number of amides is 2. The van der Waals surface area contributed by atoms with Gasteiger partial charge in [0.25, 0.3) is 0 Å². The van der Waals surface area contributed by atoms with E-state index in [-0.39, 0.29) is 17.7 Å². The molecule has 0 aliphatic carbocycles. The molecule has 1 aromatic carbocycles. The molecule has 0 fully saturated rings. The molecule has 1 aliphatic heterocycles. The molecule has 0 saturated heterocycles. The normalized spacial score (nSPS) is 19.0. The molecule has 0 spiro atoms. The van der Waals surface area contributed by atoms with E-state index in [4.69, 9.17) is 5.26 Å². The summed E-state index contributed by atoms with van der Waals surface area (Å²) >= 11 is 0. The molecule has 0 saturated carbocycles. The Balaban J connectivity index is 2.11. The highest BCUT2D eigenvalue weighted by molar-refractivity contribution is 6.06. The zero-order valence-electron chi connectivity index (χ0n) is 11.9. The number of carbonyl (C=O) groups is 2. The van der Waals surface area contributed by atoms with E-state index in [1.807, 2.05) is 25.1 Å². The first kappa shape index (κ1) is 14.7. The maximum atomic E-state index is 11.6. The second-order valence-corrected chi connectivity index (χ2v) is 5.05. The minimum absolute atomic E-state index is 0.0535. The van der Waals surface area contributed by atoms with Crippen molar-refractivity contribution in [3.05, 3.63) is 29.8 Å². The second kappa shape index (κ2) is 6.18. The molecule has 21 heavy (non-hydrogen) atoms. The molecule has 2 rings (SSSR count). The SMILES string of the molecule is CC(C#N)C(=O)Nc1ccc(C2=NNC(=O)CC2C)cc1. The highest BCUT2D eigenvalue weighted by Crippen LogP contribution is 2.18. The van der Waals surface area contributed by atoms with Crippen LogP contribution in [0.1, 0.15) is 25.8 Å². The number of carbonyl (C=O) groups excluding carboxylic acids is 2. The van der Waals surface area contributed by atoms with Crippen LogP contribution in [-0.4, -0.2) is 17.5 Å². The average Bonchev–Trinajstić information content (AvgIpc) is 2.47. The third-order valence-corrected chi connectivity index (χ3v) is 3.29. The van der Waals surface area contributed by atoms with Gasteiger partial charge in [0.05, 0.1) is 11.8 Å². The third kappa shape index (κ3) is 3.45. The molecule has 2 atom stereocenters. The van der Waals surface area contributed by atoms with Gasteiger partial charge in [-0.25, -0.2) is 5.43 Å². The molecule has 2 amide bonds. The van der Waals surface area contributed by atoms with Crippen LogP contribution < -0.4 is 10.7 Å². The minimum Gasteiger partial charge on any atom is -0.325 e. The number of hydrogen-bond donors (Lipinski definition) is 2. The van der Waals surface area contributed by atoms with E-state index >= 15 is 0 Å². The van der Waals surface area contributed by atoms with Gasteiger partial charge in [-0.15, -0.1) is 0 Å². The Morgan fingerprint density at radius 2 is 2.14 bits per heavy atom. The van der Waals surface area contributed by atoms with Gasteiger partial charge in [0.1, 0.15) is 5.92 Å². The van der Waals surface area contributed by atoms with Crippen molar-refractivity contribution in [2.24, 2.45) is 16.9 Å². The number of rotatable bonds is 3. The smallest absolute Gasteiger partial charge is 0.241 e. The van der Waals surface area contributed by atoms with Gasteiger partial charge in [-0.1, -0.05) is 19.1 Å². The Labute approximate surface area is 122 Å². The summed E-state index contributed by atoms with van der Waals surface area (Å²) in [6.07, 6.45) is 0.414. The Hall–Kier alpha value is -2.68. The second-order valence-electron chi connectivity index (χ2n) is 5.05. The maximum absolute atomic E-state index is 11.6. The fourth-order valence-electron chi connectivity index (χ4n) is 2.04. The molecule has 2 unspecified atom stereocenters. The summed E-state index contributed by atoms with van der Waals surface area (Å²) in [4.78, 5) is 22.8. The first-order chi connectivity index (χ1) is 10.0. The van der Waals surface area contributed by atoms with E-state index in [0.717, 1.165) is 11.3 Å². The van der Waals surface area contributed by atoms with E-state index < -0.39 is 5.92 Å². The number of benzene rings is 1. The number of hydrazone groups is 1. The molecule has 2 N–H and O–H groups in total. The number of nitrogens with one attached hydrogen (secondary N) is 2. The predicted octanol–water partition coefficient (Wildman–Crippen LogP) is 1.64. The maximum Gasteiger partial charge on any atom is 0.241 e. The average molecular weight is 284 g/mol. The number of anilines is 1. The van der Waals surface area contributed by atoms with Crippen LogP contribution in [0.2, 0.25) is 0 Å². The number of nitriles is 1. The van der Waals surface area contributed by atoms with Gasteiger partial charge < -0.3 is 5.32 Å². The molecule has 108 valence electrons. The van der Waals surface area contributed by atoms with Crippen LogP contribution in [0, 0.1) is 23.2 Å². The molecular formula is C15H16N4O2. The van der Waals surface area contributed by atoms with E-state index in [2.05, 4.69) is 15.8 Å². The van der Waals surface area contributed by atoms with Crippen LogP contribution in [0.5, 0.6) is 0 Å². The lowest BCUT2D eigenvalue weighted by Gasteiger charge is -2.19. The predicted molar refractivity (Wildman–Crippen MR) is 78.3 cm³/mol. The van der Waals surface area contributed by atoms with Crippen molar-refractivity contribution in [2.75, 3.05) is 5.32 Å². The highest BCUT2D eigenvalue weighted by atomic mass is 16.2. The fraction of sp³-hybridized carbons (Fsp3) is 0.333. The molecule has 1 heterocycles. The van der Waals surface area contributed by atoms with Gasteiger partial charge in [0.2, 0.25) is 11.8 Å². The van der Waals surface area contributed by atoms with Gasteiger partial charge >= 0.3 is 0 Å². The molecule has 0 radical (unpaired) electrons. The van der Waals surface area contributed by atoms with E-state index in [0.29, 0.717) is 12.1 Å². The molecule has 6 nitrogen and oxygen atoms in total. The monoisotopic (exact) mass is 284 g/mol. The zero-order chi connectivity index (χ0) is 15.4. The summed E-state index contributed by atoms with van der Waals surface area (Å²) in [6.45, 7) is 3.49. The van der Waals surface area contributed by atoms with Crippen LogP contribution in [0.4, 0.5) is 5.69 Å². The Kier molecular flexibility index (Phi) is 4.33. The molecule has 6 heteroatoms. The van der Waals surface area contributed by atoms with Crippen LogP contribution in [0.3, 0.4) is 0 Å². The van der Waals surface area contributed by atoms with Crippen molar-refractivity contribution in [3.63, 3.8) is 0 Å². The summed E-state index contributed by atoms with van der Waals surface area (Å²) in [5, 5.41) is 15.4. The van der Waals surface area contributed by atoms with Crippen molar-refractivity contribution in [1.82, 2.24) is 5.43 Å². The van der Waals surface area contributed by atoms with Gasteiger partial charge in [0, 0.05) is 18.0 Å². The minimum atomic E-state index is -0.692. The van der Waals surface area contributed by atoms with Crippen LogP contribution in [0.15, 0.2) is 29.4 Å². The Bertz CT molecular complexity index is 628. The van der Waals surface area contributed by atoms with Crippen molar-refractivity contribution in [1.29, 1.82) is 5.26 Å². The number of nitrogens with zero attached hydrogens (tertiary/aromatic N) is 2. The van der Waals surface area contributed by atoms with E-state index in [1.54, 1.807) is 19.1 Å². The van der Waals surface area contributed by atoms with Gasteiger partial charge in [-0.2, -0.15) is 10.4 Å². The van der Waals surface area contributed by atoms with E-state index in [9.17, 15) is 9.59 Å². The third-order valence-electron chi connectivity index (χ3n) is 3.29. The standard InChI is InChI=1S/C15H16N4O2/c1-9-7-13(20)18-19-14(9)11-3-5-12(6-4-11)17-15(21)10(2)8-16/h3-6,9-10H,7H2,1-2H3,(H,17,21)(H,18,20). The zero-order valence-corrected chi connectivity index (χ0v) is 11.9. The summed E-state index contributed by atoms with van der Waals surface area (Å²) in [5.74, 6) is -1.05.